The number of carbonyl (C=O) groups excluding carboxylic acids is 1. The average molecular weight is 191 g/mol. The van der Waals surface area contributed by atoms with Gasteiger partial charge in [-0.25, -0.2) is 18.2 Å². The monoisotopic (exact) mass is 191 g/mol. The zero-order valence-electron chi connectivity index (χ0n) is 7.28. The number of rotatable bonds is 5. The summed E-state index contributed by atoms with van der Waals surface area (Å²) in [4.78, 5) is 12.8. The fraction of sp³-hybridized carbons (Fsp3) is 0.857. The Morgan fingerprint density at radius 2 is 2.08 bits per heavy atom. The van der Waals surface area contributed by atoms with E-state index < -0.39 is 9.84 Å². The van der Waals surface area contributed by atoms with Gasteiger partial charge >= 0.3 is 0 Å². The van der Waals surface area contributed by atoms with Crippen molar-refractivity contribution in [2.75, 3.05) is 12.3 Å². The molecule has 12 heavy (non-hydrogen) atoms. The van der Waals surface area contributed by atoms with Crippen LogP contribution in [-0.2, 0) is 14.6 Å². The first kappa shape index (κ1) is 11.3. The maximum absolute atomic E-state index is 11.2. The number of isocyanates is 1. The molecule has 0 aromatic carbocycles. The topological polar surface area (TPSA) is 63.6 Å². The van der Waals surface area contributed by atoms with Gasteiger partial charge in [0.15, 0.2) is 9.84 Å². The minimum absolute atomic E-state index is 0.0240. The lowest BCUT2D eigenvalue weighted by molar-refractivity contribution is 0.563. The molecule has 0 radical (unpaired) electrons. The third-order valence-corrected chi connectivity index (χ3v) is 4.05. The normalized spacial score (nSPS) is 13.5. The maximum Gasteiger partial charge on any atom is 0.234 e. The second-order valence-corrected chi connectivity index (χ2v) is 5.10. The molecular weight excluding hydrogens is 178 g/mol. The summed E-state index contributed by atoms with van der Waals surface area (Å²) < 4.78 is 22.5. The highest BCUT2D eigenvalue weighted by Crippen LogP contribution is 2.05. The van der Waals surface area contributed by atoms with Crippen LogP contribution in [0.15, 0.2) is 4.99 Å². The number of sulfone groups is 1. The quantitative estimate of drug-likeness (QED) is 0.470. The van der Waals surface area contributed by atoms with E-state index in [0.29, 0.717) is 6.42 Å². The summed E-state index contributed by atoms with van der Waals surface area (Å²) in [7, 11) is -3.06. The SMILES string of the molecule is CCC(C)S(=O)(=O)CCN=C=O. The zero-order chi connectivity index (χ0) is 9.61. The van der Waals surface area contributed by atoms with E-state index in [-0.39, 0.29) is 17.5 Å². The molecule has 0 rings (SSSR count). The molecule has 1 atom stereocenters. The molecule has 70 valence electrons. The fourth-order valence-electron chi connectivity index (χ4n) is 0.674. The molecule has 0 aliphatic heterocycles. The van der Waals surface area contributed by atoms with Crippen molar-refractivity contribution in [1.82, 2.24) is 0 Å². The molecule has 0 saturated heterocycles. The van der Waals surface area contributed by atoms with Crippen LogP contribution in [0.1, 0.15) is 20.3 Å². The molecule has 0 aliphatic carbocycles. The molecule has 0 N–H and O–H groups in total. The number of aliphatic imine (C=N–C) groups is 1. The van der Waals surface area contributed by atoms with Crippen molar-refractivity contribution in [3.63, 3.8) is 0 Å². The van der Waals surface area contributed by atoms with E-state index in [2.05, 4.69) is 4.99 Å². The van der Waals surface area contributed by atoms with Crippen LogP contribution >= 0.6 is 0 Å². The average Bonchev–Trinajstić information content (AvgIpc) is 2.03. The third kappa shape index (κ3) is 3.64. The first-order valence-electron chi connectivity index (χ1n) is 3.79. The van der Waals surface area contributed by atoms with E-state index in [0.717, 1.165) is 0 Å². The lowest BCUT2D eigenvalue weighted by Gasteiger charge is -2.07. The molecule has 0 fully saturated rings. The van der Waals surface area contributed by atoms with Crippen LogP contribution in [0.5, 0.6) is 0 Å². The fourth-order valence-corrected chi connectivity index (χ4v) is 1.93. The molecule has 4 nitrogen and oxygen atoms in total. The summed E-state index contributed by atoms with van der Waals surface area (Å²) >= 11 is 0. The van der Waals surface area contributed by atoms with Crippen LogP contribution in [0.3, 0.4) is 0 Å². The minimum Gasteiger partial charge on any atom is -0.228 e. The van der Waals surface area contributed by atoms with Crippen molar-refractivity contribution < 1.29 is 13.2 Å². The first-order valence-corrected chi connectivity index (χ1v) is 5.51. The molecular formula is C7H13NO3S. The largest absolute Gasteiger partial charge is 0.234 e. The van der Waals surface area contributed by atoms with E-state index in [1.165, 1.54) is 6.08 Å². The van der Waals surface area contributed by atoms with E-state index in [9.17, 15) is 13.2 Å². The Bertz CT molecular complexity index is 264. The van der Waals surface area contributed by atoms with Crippen LogP contribution in [0, 0.1) is 0 Å². The van der Waals surface area contributed by atoms with Crippen LogP contribution in [0.25, 0.3) is 0 Å². The van der Waals surface area contributed by atoms with Crippen molar-refractivity contribution in [3.8, 4) is 0 Å². The van der Waals surface area contributed by atoms with Gasteiger partial charge in [0.1, 0.15) is 0 Å². The van der Waals surface area contributed by atoms with Crippen LogP contribution < -0.4 is 0 Å². The molecule has 0 heterocycles. The summed E-state index contributed by atoms with van der Waals surface area (Å²) in [6, 6.07) is 0. The second kappa shape index (κ2) is 5.06. The summed E-state index contributed by atoms with van der Waals surface area (Å²) in [6.07, 6.45) is 1.90. The molecule has 0 aromatic heterocycles. The predicted molar refractivity (Wildman–Crippen MR) is 46.5 cm³/mol. The van der Waals surface area contributed by atoms with Crippen molar-refractivity contribution in [2.24, 2.45) is 4.99 Å². The highest BCUT2D eigenvalue weighted by atomic mass is 32.2. The van der Waals surface area contributed by atoms with Crippen LogP contribution in [-0.4, -0.2) is 32.0 Å². The van der Waals surface area contributed by atoms with Gasteiger partial charge in [-0.1, -0.05) is 6.92 Å². The van der Waals surface area contributed by atoms with Gasteiger partial charge in [-0.3, -0.25) is 0 Å². The standard InChI is InChI=1S/C7H13NO3S/c1-3-7(2)12(10,11)5-4-8-6-9/h7H,3-5H2,1-2H3. The predicted octanol–water partition coefficient (Wildman–Crippen LogP) is 0.536. The summed E-state index contributed by atoms with van der Waals surface area (Å²) in [5.74, 6) is -0.0583. The lowest BCUT2D eigenvalue weighted by atomic mass is 10.4. The third-order valence-electron chi connectivity index (χ3n) is 1.74. The van der Waals surface area contributed by atoms with Gasteiger partial charge in [-0.05, 0) is 13.3 Å². The highest BCUT2D eigenvalue weighted by molar-refractivity contribution is 7.92. The minimum atomic E-state index is -3.06. The van der Waals surface area contributed by atoms with Crippen molar-refractivity contribution >= 4 is 15.9 Å². The second-order valence-electron chi connectivity index (χ2n) is 2.56. The Labute approximate surface area is 72.6 Å². The molecule has 0 aliphatic rings. The van der Waals surface area contributed by atoms with Gasteiger partial charge < -0.3 is 0 Å². The molecule has 0 spiro atoms. The van der Waals surface area contributed by atoms with E-state index in [1.807, 2.05) is 6.92 Å². The Kier molecular flexibility index (Phi) is 4.78. The van der Waals surface area contributed by atoms with Gasteiger partial charge in [-0.2, -0.15) is 0 Å². The van der Waals surface area contributed by atoms with E-state index in [1.54, 1.807) is 6.92 Å². The molecule has 0 amide bonds. The maximum atomic E-state index is 11.2. The Balaban J connectivity index is 4.14. The Morgan fingerprint density at radius 1 is 1.50 bits per heavy atom. The number of hydrogen-bond donors (Lipinski definition) is 0. The molecule has 1 unspecified atom stereocenters. The van der Waals surface area contributed by atoms with E-state index >= 15 is 0 Å². The van der Waals surface area contributed by atoms with Crippen molar-refractivity contribution in [1.29, 1.82) is 0 Å². The smallest absolute Gasteiger partial charge is 0.228 e. The molecule has 0 bridgehead atoms. The molecule has 0 saturated carbocycles. The van der Waals surface area contributed by atoms with Gasteiger partial charge in [0.2, 0.25) is 6.08 Å². The summed E-state index contributed by atoms with van der Waals surface area (Å²) in [6.45, 7) is 3.49. The van der Waals surface area contributed by atoms with E-state index in [4.69, 9.17) is 0 Å². The van der Waals surface area contributed by atoms with Gasteiger partial charge in [0, 0.05) is 0 Å². The number of hydrogen-bond acceptors (Lipinski definition) is 4. The van der Waals surface area contributed by atoms with Crippen LogP contribution in [0.4, 0.5) is 0 Å². The van der Waals surface area contributed by atoms with Crippen molar-refractivity contribution in [3.05, 3.63) is 0 Å². The van der Waals surface area contributed by atoms with Crippen molar-refractivity contribution in [2.45, 2.75) is 25.5 Å². The van der Waals surface area contributed by atoms with Gasteiger partial charge in [0.05, 0.1) is 17.5 Å². The van der Waals surface area contributed by atoms with Gasteiger partial charge in [-0.15, -0.1) is 0 Å². The summed E-state index contributed by atoms with van der Waals surface area (Å²) in [5, 5.41) is -0.348. The zero-order valence-corrected chi connectivity index (χ0v) is 8.10. The Hall–Kier alpha value is -0.670. The van der Waals surface area contributed by atoms with Gasteiger partial charge in [0.25, 0.3) is 0 Å². The van der Waals surface area contributed by atoms with Crippen LogP contribution in [0.2, 0.25) is 0 Å². The first-order chi connectivity index (χ1) is 5.54. The molecule has 0 aromatic rings. The molecule has 5 heteroatoms. The lowest BCUT2D eigenvalue weighted by Crippen LogP contribution is -2.21. The highest BCUT2D eigenvalue weighted by Gasteiger charge is 2.17. The number of nitrogens with zero attached hydrogens (tertiary/aromatic N) is 1. The Morgan fingerprint density at radius 3 is 2.50 bits per heavy atom. The summed E-state index contributed by atoms with van der Waals surface area (Å²) in [5.41, 5.74) is 0.